The Morgan fingerprint density at radius 3 is 2.29 bits per heavy atom. The van der Waals surface area contributed by atoms with Crippen molar-refractivity contribution in [3.63, 3.8) is 0 Å². The minimum absolute atomic E-state index is 0.0278. The predicted molar refractivity (Wildman–Crippen MR) is 115 cm³/mol. The molecule has 2 rings (SSSR count). The maximum atomic E-state index is 13.0. The van der Waals surface area contributed by atoms with Crippen LogP contribution in [0.25, 0.3) is 0 Å². The molecule has 0 heterocycles. The van der Waals surface area contributed by atoms with Gasteiger partial charge in [0.2, 0.25) is 10.0 Å². The first-order valence-corrected chi connectivity index (χ1v) is 11.4. The second-order valence-corrected chi connectivity index (χ2v) is 8.89. The smallest absolute Gasteiger partial charge is 0.338 e. The van der Waals surface area contributed by atoms with Crippen molar-refractivity contribution in [2.75, 3.05) is 19.7 Å². The Morgan fingerprint density at radius 2 is 1.71 bits per heavy atom. The van der Waals surface area contributed by atoms with Crippen LogP contribution in [0.1, 0.15) is 48.3 Å². The van der Waals surface area contributed by atoms with Crippen molar-refractivity contribution in [3.05, 3.63) is 65.0 Å². The molecule has 0 aliphatic carbocycles. The quantitative estimate of drug-likeness (QED) is 0.593. The van der Waals surface area contributed by atoms with Crippen molar-refractivity contribution in [3.8, 4) is 0 Å². The standard InChI is InChI=1S/C22H27FN2O5S/c1-5-25(6-2)31(28,29)20-13-18(8-7-15(20)3)22(27)30-14-21(26)24-16(4)17-9-11-19(23)12-10-17/h7-13,16H,5-6,14H2,1-4H3,(H,24,26)/t16-/m1/s1. The molecule has 2 aromatic rings. The van der Waals surface area contributed by atoms with Crippen molar-refractivity contribution >= 4 is 21.9 Å². The van der Waals surface area contributed by atoms with E-state index in [1.54, 1.807) is 39.8 Å². The summed E-state index contributed by atoms with van der Waals surface area (Å²) in [7, 11) is -3.75. The molecule has 31 heavy (non-hydrogen) atoms. The zero-order valence-corrected chi connectivity index (χ0v) is 18.8. The summed E-state index contributed by atoms with van der Waals surface area (Å²) in [6.45, 7) is 6.92. The number of nitrogens with zero attached hydrogens (tertiary/aromatic N) is 1. The number of hydrogen-bond acceptors (Lipinski definition) is 5. The SMILES string of the molecule is CCN(CC)S(=O)(=O)c1cc(C(=O)OCC(=O)N[C@H](C)c2ccc(F)cc2)ccc1C. The third-order valence-electron chi connectivity index (χ3n) is 4.83. The molecule has 0 unspecified atom stereocenters. The molecule has 0 aliphatic heterocycles. The molecular formula is C22H27FN2O5S. The van der Waals surface area contributed by atoms with Crippen LogP contribution in [0.15, 0.2) is 47.4 Å². The van der Waals surface area contributed by atoms with Gasteiger partial charge >= 0.3 is 5.97 Å². The Bertz CT molecular complexity index is 1030. The van der Waals surface area contributed by atoms with Gasteiger partial charge in [-0.05, 0) is 49.2 Å². The number of sulfonamides is 1. The van der Waals surface area contributed by atoms with Gasteiger partial charge in [0.15, 0.2) is 6.61 Å². The van der Waals surface area contributed by atoms with Crippen molar-refractivity contribution in [2.45, 2.75) is 38.6 Å². The normalized spacial score (nSPS) is 12.5. The number of rotatable bonds is 9. The van der Waals surface area contributed by atoms with Crippen LogP contribution < -0.4 is 5.32 Å². The highest BCUT2D eigenvalue weighted by Gasteiger charge is 2.25. The van der Waals surface area contributed by atoms with E-state index in [9.17, 15) is 22.4 Å². The lowest BCUT2D eigenvalue weighted by atomic mass is 10.1. The van der Waals surface area contributed by atoms with E-state index in [2.05, 4.69) is 5.32 Å². The van der Waals surface area contributed by atoms with Gasteiger partial charge in [-0.2, -0.15) is 4.31 Å². The summed E-state index contributed by atoms with van der Waals surface area (Å²) in [5.41, 5.74) is 1.25. The van der Waals surface area contributed by atoms with Gasteiger partial charge in [-0.1, -0.05) is 32.0 Å². The lowest BCUT2D eigenvalue weighted by molar-refractivity contribution is -0.124. The van der Waals surface area contributed by atoms with Gasteiger partial charge in [-0.25, -0.2) is 17.6 Å². The highest BCUT2D eigenvalue weighted by molar-refractivity contribution is 7.89. The van der Waals surface area contributed by atoms with E-state index in [0.29, 0.717) is 24.2 Å². The number of amides is 1. The lowest BCUT2D eigenvalue weighted by Gasteiger charge is -2.20. The third kappa shape index (κ3) is 6.11. The zero-order chi connectivity index (χ0) is 23.2. The Morgan fingerprint density at radius 1 is 1.10 bits per heavy atom. The Labute approximate surface area is 182 Å². The number of hydrogen-bond donors (Lipinski definition) is 1. The van der Waals surface area contributed by atoms with Gasteiger partial charge < -0.3 is 10.1 Å². The van der Waals surface area contributed by atoms with Crippen LogP contribution in [0.4, 0.5) is 4.39 Å². The van der Waals surface area contributed by atoms with E-state index in [1.807, 2.05) is 0 Å². The molecule has 9 heteroatoms. The Balaban J connectivity index is 2.05. The number of ether oxygens (including phenoxy) is 1. The fourth-order valence-electron chi connectivity index (χ4n) is 3.04. The second-order valence-electron chi connectivity index (χ2n) is 6.99. The number of esters is 1. The molecule has 0 aromatic heterocycles. The van der Waals surface area contributed by atoms with Crippen molar-refractivity contribution < 1.29 is 27.1 Å². The summed E-state index contributed by atoms with van der Waals surface area (Å²) >= 11 is 0. The van der Waals surface area contributed by atoms with Gasteiger partial charge in [-0.3, -0.25) is 4.79 Å². The van der Waals surface area contributed by atoms with E-state index in [0.717, 1.165) is 0 Å². The number of carbonyl (C=O) groups is 2. The number of aryl methyl sites for hydroxylation is 1. The molecule has 1 N–H and O–H groups in total. The van der Waals surface area contributed by atoms with Gasteiger partial charge in [0.05, 0.1) is 16.5 Å². The van der Waals surface area contributed by atoms with E-state index < -0.39 is 34.5 Å². The molecule has 0 spiro atoms. The molecule has 0 saturated heterocycles. The summed E-state index contributed by atoms with van der Waals surface area (Å²) in [4.78, 5) is 24.5. The fourth-order valence-corrected chi connectivity index (χ4v) is 4.75. The lowest BCUT2D eigenvalue weighted by Crippen LogP contribution is -2.32. The van der Waals surface area contributed by atoms with E-state index in [4.69, 9.17) is 4.74 Å². The highest BCUT2D eigenvalue weighted by Crippen LogP contribution is 2.22. The minimum Gasteiger partial charge on any atom is -0.452 e. The second kappa shape index (κ2) is 10.5. The molecule has 0 aliphatic rings. The first kappa shape index (κ1) is 24.5. The Hall–Kier alpha value is -2.78. The zero-order valence-electron chi connectivity index (χ0n) is 18.0. The largest absolute Gasteiger partial charge is 0.452 e. The van der Waals surface area contributed by atoms with Crippen LogP contribution in [-0.4, -0.2) is 44.3 Å². The first-order chi connectivity index (χ1) is 14.6. The summed E-state index contributed by atoms with van der Waals surface area (Å²) in [5, 5.41) is 2.66. The van der Waals surface area contributed by atoms with Crippen molar-refractivity contribution in [1.29, 1.82) is 0 Å². The summed E-state index contributed by atoms with van der Waals surface area (Å²) in [5.74, 6) is -1.72. The van der Waals surface area contributed by atoms with Crippen LogP contribution in [0, 0.1) is 12.7 Å². The average Bonchev–Trinajstić information content (AvgIpc) is 2.73. The molecular weight excluding hydrogens is 423 g/mol. The molecule has 0 saturated carbocycles. The van der Waals surface area contributed by atoms with Crippen LogP contribution in [0.3, 0.4) is 0 Å². The number of carbonyl (C=O) groups excluding carboxylic acids is 2. The maximum absolute atomic E-state index is 13.0. The van der Waals surface area contributed by atoms with E-state index >= 15 is 0 Å². The van der Waals surface area contributed by atoms with Crippen molar-refractivity contribution in [2.24, 2.45) is 0 Å². The van der Waals surface area contributed by atoms with Crippen LogP contribution in [-0.2, 0) is 19.6 Å². The monoisotopic (exact) mass is 450 g/mol. The highest BCUT2D eigenvalue weighted by atomic mass is 32.2. The summed E-state index contributed by atoms with van der Waals surface area (Å²) in [6.07, 6.45) is 0. The maximum Gasteiger partial charge on any atom is 0.338 e. The molecule has 1 atom stereocenters. The van der Waals surface area contributed by atoms with Gasteiger partial charge in [0.25, 0.3) is 5.91 Å². The minimum atomic E-state index is -3.75. The average molecular weight is 451 g/mol. The van der Waals surface area contributed by atoms with E-state index in [-0.39, 0.29) is 16.3 Å². The molecule has 1 amide bonds. The predicted octanol–water partition coefficient (Wildman–Crippen LogP) is 3.20. The molecule has 0 bridgehead atoms. The summed E-state index contributed by atoms with van der Waals surface area (Å²) in [6, 6.07) is 9.54. The Kier molecular flexibility index (Phi) is 8.29. The van der Waals surface area contributed by atoms with Crippen LogP contribution in [0.2, 0.25) is 0 Å². The molecule has 7 nitrogen and oxygen atoms in total. The van der Waals surface area contributed by atoms with Gasteiger partial charge in [0, 0.05) is 13.1 Å². The topological polar surface area (TPSA) is 92.8 Å². The first-order valence-electron chi connectivity index (χ1n) is 9.92. The molecule has 0 radical (unpaired) electrons. The third-order valence-corrected chi connectivity index (χ3v) is 7.02. The number of halogens is 1. The molecule has 168 valence electrons. The summed E-state index contributed by atoms with van der Waals surface area (Å²) < 4.78 is 45.0. The number of nitrogens with one attached hydrogen (secondary N) is 1. The van der Waals surface area contributed by atoms with Crippen molar-refractivity contribution in [1.82, 2.24) is 9.62 Å². The van der Waals surface area contributed by atoms with Gasteiger partial charge in [0.1, 0.15) is 5.82 Å². The number of benzene rings is 2. The molecule has 0 fully saturated rings. The fraction of sp³-hybridized carbons (Fsp3) is 0.364. The van der Waals surface area contributed by atoms with E-state index in [1.165, 1.54) is 34.6 Å². The molecule has 2 aromatic carbocycles. The van der Waals surface area contributed by atoms with Crippen LogP contribution >= 0.6 is 0 Å². The van der Waals surface area contributed by atoms with Crippen LogP contribution in [0.5, 0.6) is 0 Å². The van der Waals surface area contributed by atoms with Gasteiger partial charge in [-0.15, -0.1) is 0 Å².